The summed E-state index contributed by atoms with van der Waals surface area (Å²) in [4.78, 5) is 12.3. The number of rotatable bonds is 4. The highest BCUT2D eigenvalue weighted by atomic mass is 35.5. The zero-order valence-electron chi connectivity index (χ0n) is 13.1. The van der Waals surface area contributed by atoms with E-state index in [0.29, 0.717) is 15.9 Å². The summed E-state index contributed by atoms with van der Waals surface area (Å²) >= 11 is 7.47. The van der Waals surface area contributed by atoms with Gasteiger partial charge in [0.25, 0.3) is 5.91 Å². The molecule has 1 amide bonds. The molecule has 1 aromatic carbocycles. The Morgan fingerprint density at radius 1 is 1.24 bits per heavy atom. The molecule has 1 aliphatic rings. The molecule has 1 saturated heterocycles. The van der Waals surface area contributed by atoms with Crippen molar-refractivity contribution in [3.63, 3.8) is 0 Å². The van der Waals surface area contributed by atoms with E-state index in [1.165, 1.54) is 11.3 Å². The summed E-state index contributed by atoms with van der Waals surface area (Å²) in [6, 6.07) is 10.6. The number of nitrogens with one attached hydrogen (secondary N) is 1. The molecule has 0 radical (unpaired) electrons. The van der Waals surface area contributed by atoms with Crippen LogP contribution in [0, 0.1) is 0 Å². The second kappa shape index (κ2) is 6.95. The van der Waals surface area contributed by atoms with Gasteiger partial charge >= 0.3 is 0 Å². The quantitative estimate of drug-likeness (QED) is 0.723. The Hall–Kier alpha value is -2.22. The second-order valence-electron chi connectivity index (χ2n) is 5.54. The van der Waals surface area contributed by atoms with Gasteiger partial charge in [-0.05, 0) is 37.1 Å². The maximum atomic E-state index is 12.3. The molecule has 0 unspecified atom stereocenters. The molecule has 128 valence electrons. The van der Waals surface area contributed by atoms with E-state index in [2.05, 4.69) is 15.5 Å². The van der Waals surface area contributed by atoms with Gasteiger partial charge in [-0.25, -0.2) is 0 Å². The molecule has 1 N–H and O–H groups in total. The second-order valence-corrected chi connectivity index (χ2v) is 6.96. The lowest BCUT2D eigenvalue weighted by molar-refractivity contribution is 0.0997. The first-order valence-electron chi connectivity index (χ1n) is 7.82. The van der Waals surface area contributed by atoms with E-state index in [0.717, 1.165) is 30.0 Å². The highest BCUT2D eigenvalue weighted by molar-refractivity contribution is 7.15. The van der Waals surface area contributed by atoms with Crippen molar-refractivity contribution in [2.24, 2.45) is 0 Å². The number of nitrogens with zero attached hydrogens (tertiary/aromatic N) is 2. The zero-order valence-corrected chi connectivity index (χ0v) is 14.6. The molecule has 0 bridgehead atoms. The number of hydrogen-bond donors (Lipinski definition) is 1. The molecule has 0 saturated carbocycles. The maximum Gasteiger partial charge on any atom is 0.293 e. The number of carbonyl (C=O) groups excluding carboxylic acids is 1. The standard InChI is InChI=1S/C17H14ClN3O3S/c18-11-5-2-1-4-10(11)12-7-8-13(24-12)15(22)19-17-21-20-16(25-17)14-6-3-9-23-14/h1-2,4-5,7-8,14H,3,6,9H2,(H,19,21,22)/t14-/m0/s1. The van der Waals surface area contributed by atoms with Crippen molar-refractivity contribution < 1.29 is 13.9 Å². The predicted octanol–water partition coefficient (Wildman–Crippen LogP) is 4.56. The number of benzene rings is 1. The summed E-state index contributed by atoms with van der Waals surface area (Å²) in [5.74, 6) is 0.338. The Morgan fingerprint density at radius 2 is 2.12 bits per heavy atom. The van der Waals surface area contributed by atoms with Gasteiger partial charge in [0.1, 0.15) is 16.9 Å². The van der Waals surface area contributed by atoms with E-state index in [-0.39, 0.29) is 17.8 Å². The van der Waals surface area contributed by atoms with Gasteiger partial charge in [0, 0.05) is 12.2 Å². The first-order valence-corrected chi connectivity index (χ1v) is 9.01. The predicted molar refractivity (Wildman–Crippen MR) is 94.9 cm³/mol. The first-order chi connectivity index (χ1) is 12.2. The Bertz CT molecular complexity index is 902. The van der Waals surface area contributed by atoms with E-state index < -0.39 is 0 Å². The van der Waals surface area contributed by atoms with Crippen LogP contribution < -0.4 is 5.32 Å². The molecule has 3 aromatic rings. The molecular weight excluding hydrogens is 362 g/mol. The van der Waals surface area contributed by atoms with Crippen molar-refractivity contribution >= 4 is 34.0 Å². The van der Waals surface area contributed by atoms with Crippen molar-refractivity contribution in [3.8, 4) is 11.3 Å². The number of carbonyl (C=O) groups is 1. The smallest absolute Gasteiger partial charge is 0.293 e. The first kappa shape index (κ1) is 16.3. The van der Waals surface area contributed by atoms with Crippen molar-refractivity contribution in [2.75, 3.05) is 11.9 Å². The zero-order chi connectivity index (χ0) is 17.2. The molecule has 1 aliphatic heterocycles. The van der Waals surface area contributed by atoms with Crippen LogP contribution in [0.2, 0.25) is 5.02 Å². The highest BCUT2D eigenvalue weighted by Crippen LogP contribution is 2.32. The molecule has 0 aliphatic carbocycles. The number of aromatic nitrogens is 2. The summed E-state index contributed by atoms with van der Waals surface area (Å²) in [6.07, 6.45) is 1.93. The van der Waals surface area contributed by atoms with Crippen LogP contribution in [0.3, 0.4) is 0 Å². The molecule has 1 atom stereocenters. The number of furan rings is 1. The Kier molecular flexibility index (Phi) is 4.52. The Balaban J connectivity index is 1.48. The van der Waals surface area contributed by atoms with E-state index >= 15 is 0 Å². The number of halogens is 1. The van der Waals surface area contributed by atoms with Crippen LogP contribution >= 0.6 is 22.9 Å². The number of hydrogen-bond acceptors (Lipinski definition) is 6. The van der Waals surface area contributed by atoms with Crippen LogP contribution in [0.5, 0.6) is 0 Å². The van der Waals surface area contributed by atoms with Gasteiger partial charge in [0.2, 0.25) is 5.13 Å². The van der Waals surface area contributed by atoms with Gasteiger partial charge in [-0.2, -0.15) is 0 Å². The fraction of sp³-hybridized carbons (Fsp3) is 0.235. The van der Waals surface area contributed by atoms with Crippen LogP contribution in [0.1, 0.15) is 34.5 Å². The molecule has 0 spiro atoms. The summed E-state index contributed by atoms with van der Waals surface area (Å²) in [5, 5.41) is 12.6. The number of ether oxygens (including phenoxy) is 1. The third-order valence-electron chi connectivity index (χ3n) is 3.84. The van der Waals surface area contributed by atoms with Gasteiger partial charge < -0.3 is 9.15 Å². The summed E-state index contributed by atoms with van der Waals surface area (Å²) in [5.41, 5.74) is 0.736. The van der Waals surface area contributed by atoms with E-state index in [4.69, 9.17) is 20.8 Å². The molecule has 3 heterocycles. The van der Waals surface area contributed by atoms with Gasteiger partial charge in [-0.15, -0.1) is 10.2 Å². The van der Waals surface area contributed by atoms with Gasteiger partial charge in [0.05, 0.1) is 5.02 Å². The normalized spacial score (nSPS) is 16.9. The molecule has 6 nitrogen and oxygen atoms in total. The fourth-order valence-electron chi connectivity index (χ4n) is 2.61. The largest absolute Gasteiger partial charge is 0.451 e. The molecule has 8 heteroatoms. The summed E-state index contributed by atoms with van der Waals surface area (Å²) < 4.78 is 11.2. The molecule has 2 aromatic heterocycles. The van der Waals surface area contributed by atoms with E-state index in [1.807, 2.05) is 18.2 Å². The Morgan fingerprint density at radius 3 is 2.92 bits per heavy atom. The average Bonchev–Trinajstić information content (AvgIpc) is 3.36. The van der Waals surface area contributed by atoms with Crippen molar-refractivity contribution in [2.45, 2.75) is 18.9 Å². The van der Waals surface area contributed by atoms with Crippen molar-refractivity contribution in [3.05, 3.63) is 52.2 Å². The van der Waals surface area contributed by atoms with Gasteiger partial charge in [-0.3, -0.25) is 10.1 Å². The lowest BCUT2D eigenvalue weighted by atomic mass is 10.2. The van der Waals surface area contributed by atoms with Crippen LogP contribution in [-0.2, 0) is 4.74 Å². The summed E-state index contributed by atoms with van der Waals surface area (Å²) in [7, 11) is 0. The van der Waals surface area contributed by atoms with E-state index in [9.17, 15) is 4.79 Å². The van der Waals surface area contributed by atoms with E-state index in [1.54, 1.807) is 18.2 Å². The third kappa shape index (κ3) is 3.44. The maximum absolute atomic E-state index is 12.3. The minimum atomic E-state index is -0.381. The van der Waals surface area contributed by atoms with Gasteiger partial charge in [0.15, 0.2) is 5.76 Å². The lowest BCUT2D eigenvalue weighted by Gasteiger charge is -2.02. The number of amides is 1. The van der Waals surface area contributed by atoms with Crippen molar-refractivity contribution in [1.82, 2.24) is 10.2 Å². The van der Waals surface area contributed by atoms with Crippen LogP contribution in [0.25, 0.3) is 11.3 Å². The Labute approximate surface area is 152 Å². The number of anilines is 1. The molecule has 25 heavy (non-hydrogen) atoms. The van der Waals surface area contributed by atoms with Crippen molar-refractivity contribution in [1.29, 1.82) is 0 Å². The summed E-state index contributed by atoms with van der Waals surface area (Å²) in [6.45, 7) is 0.739. The molecule has 1 fully saturated rings. The third-order valence-corrected chi connectivity index (χ3v) is 5.10. The minimum Gasteiger partial charge on any atom is -0.451 e. The van der Waals surface area contributed by atoms with Crippen LogP contribution in [-0.4, -0.2) is 22.7 Å². The lowest BCUT2D eigenvalue weighted by Crippen LogP contribution is -2.10. The minimum absolute atomic E-state index is 0.0152. The molecular formula is C17H14ClN3O3S. The topological polar surface area (TPSA) is 77.2 Å². The fourth-order valence-corrected chi connectivity index (χ4v) is 3.66. The SMILES string of the molecule is O=C(Nc1nnc([C@@H]2CCCO2)s1)c1ccc(-c2ccccc2Cl)o1. The molecule has 4 rings (SSSR count). The van der Waals surface area contributed by atoms with Crippen LogP contribution in [0.15, 0.2) is 40.8 Å². The highest BCUT2D eigenvalue weighted by Gasteiger charge is 2.23. The van der Waals surface area contributed by atoms with Gasteiger partial charge in [-0.1, -0.05) is 35.1 Å². The monoisotopic (exact) mass is 375 g/mol. The van der Waals surface area contributed by atoms with Crippen LogP contribution in [0.4, 0.5) is 5.13 Å². The average molecular weight is 376 g/mol.